The molecule has 1 aromatic heterocycles. The zero-order valence-electron chi connectivity index (χ0n) is 10.7. The normalized spacial score (nSPS) is 10.6. The monoisotopic (exact) mass is 245 g/mol. The minimum Gasteiger partial charge on any atom is -0.494 e. The molecule has 0 radical (unpaired) electrons. The van der Waals surface area contributed by atoms with Crippen molar-refractivity contribution in [3.8, 4) is 5.75 Å². The lowest BCUT2D eigenvalue weighted by molar-refractivity contribution is 0.300. The number of ether oxygens (including phenoxy) is 1. The molecule has 2 N–H and O–H groups in total. The van der Waals surface area contributed by atoms with E-state index >= 15 is 0 Å². The first-order valence-electron chi connectivity index (χ1n) is 6.20. The minimum absolute atomic E-state index is 0.528. The van der Waals surface area contributed by atoms with Gasteiger partial charge in [-0.05, 0) is 25.5 Å². The lowest BCUT2D eigenvalue weighted by Crippen LogP contribution is -2.11. The van der Waals surface area contributed by atoms with E-state index < -0.39 is 0 Å². The highest BCUT2D eigenvalue weighted by Gasteiger charge is 2.04. The van der Waals surface area contributed by atoms with E-state index in [4.69, 9.17) is 10.5 Å². The van der Waals surface area contributed by atoms with E-state index in [-0.39, 0.29) is 0 Å². The standard InChI is InChI=1S/C14H19N3O/c1-12-16-11-13(10-15)17(12)8-5-9-18-14-6-3-2-4-7-14/h2-4,6-7,11H,5,8-10,15H2,1H3. The molecule has 4 nitrogen and oxygen atoms in total. The van der Waals surface area contributed by atoms with Crippen LogP contribution in [0.3, 0.4) is 0 Å². The summed E-state index contributed by atoms with van der Waals surface area (Å²) in [5, 5.41) is 0. The molecular formula is C14H19N3O. The van der Waals surface area contributed by atoms with Crippen molar-refractivity contribution >= 4 is 0 Å². The van der Waals surface area contributed by atoms with E-state index in [0.29, 0.717) is 13.2 Å². The van der Waals surface area contributed by atoms with Gasteiger partial charge in [-0.3, -0.25) is 0 Å². The maximum absolute atomic E-state index is 5.67. The molecule has 0 saturated carbocycles. The van der Waals surface area contributed by atoms with E-state index in [2.05, 4.69) is 9.55 Å². The summed E-state index contributed by atoms with van der Waals surface area (Å²) in [6, 6.07) is 9.86. The zero-order chi connectivity index (χ0) is 12.8. The fraction of sp³-hybridized carbons (Fsp3) is 0.357. The van der Waals surface area contributed by atoms with Crippen molar-refractivity contribution in [1.29, 1.82) is 0 Å². The summed E-state index contributed by atoms with van der Waals surface area (Å²) in [5.41, 5.74) is 6.74. The SMILES string of the molecule is Cc1ncc(CN)n1CCCOc1ccccc1. The molecule has 0 atom stereocenters. The Kier molecular flexibility index (Phi) is 4.36. The molecule has 0 saturated heterocycles. The van der Waals surface area contributed by atoms with E-state index in [1.165, 1.54) is 0 Å². The number of aryl methyl sites for hydroxylation is 1. The highest BCUT2D eigenvalue weighted by atomic mass is 16.5. The molecule has 0 aliphatic carbocycles. The fourth-order valence-electron chi connectivity index (χ4n) is 1.91. The van der Waals surface area contributed by atoms with Gasteiger partial charge in [0.1, 0.15) is 11.6 Å². The van der Waals surface area contributed by atoms with E-state index in [9.17, 15) is 0 Å². The van der Waals surface area contributed by atoms with Gasteiger partial charge in [0.05, 0.1) is 12.3 Å². The Hall–Kier alpha value is -1.81. The topological polar surface area (TPSA) is 53.1 Å². The van der Waals surface area contributed by atoms with Crippen LogP contribution in [0.4, 0.5) is 0 Å². The highest BCUT2D eigenvalue weighted by molar-refractivity contribution is 5.20. The second kappa shape index (κ2) is 6.21. The third-order valence-electron chi connectivity index (χ3n) is 2.88. The Morgan fingerprint density at radius 3 is 2.78 bits per heavy atom. The summed E-state index contributed by atoms with van der Waals surface area (Å²) in [6.45, 7) is 4.12. The number of imidazole rings is 1. The van der Waals surface area contributed by atoms with Gasteiger partial charge >= 0.3 is 0 Å². The Labute approximate surface area is 107 Å². The van der Waals surface area contributed by atoms with Crippen LogP contribution in [-0.2, 0) is 13.1 Å². The lowest BCUT2D eigenvalue weighted by Gasteiger charge is -2.10. The number of nitrogens with zero attached hydrogens (tertiary/aromatic N) is 2. The van der Waals surface area contributed by atoms with Crippen LogP contribution >= 0.6 is 0 Å². The maximum atomic E-state index is 5.67. The Morgan fingerprint density at radius 2 is 2.06 bits per heavy atom. The number of aromatic nitrogens is 2. The maximum Gasteiger partial charge on any atom is 0.119 e. The van der Waals surface area contributed by atoms with Crippen LogP contribution in [0.15, 0.2) is 36.5 Å². The Bertz CT molecular complexity index is 479. The number of hydrogen-bond donors (Lipinski definition) is 1. The smallest absolute Gasteiger partial charge is 0.119 e. The number of para-hydroxylation sites is 1. The molecule has 0 bridgehead atoms. The van der Waals surface area contributed by atoms with Gasteiger partial charge in [-0.25, -0.2) is 4.98 Å². The van der Waals surface area contributed by atoms with Crippen LogP contribution in [0.1, 0.15) is 17.9 Å². The van der Waals surface area contributed by atoms with Crippen molar-refractivity contribution < 1.29 is 4.74 Å². The zero-order valence-corrected chi connectivity index (χ0v) is 10.7. The largest absolute Gasteiger partial charge is 0.494 e. The number of nitrogens with two attached hydrogens (primary N) is 1. The van der Waals surface area contributed by atoms with Gasteiger partial charge in [0.25, 0.3) is 0 Å². The van der Waals surface area contributed by atoms with Crippen molar-refractivity contribution in [3.63, 3.8) is 0 Å². The van der Waals surface area contributed by atoms with Gasteiger partial charge in [-0.15, -0.1) is 0 Å². The van der Waals surface area contributed by atoms with Crippen molar-refractivity contribution in [2.75, 3.05) is 6.61 Å². The van der Waals surface area contributed by atoms with E-state index in [0.717, 1.165) is 30.2 Å². The van der Waals surface area contributed by atoms with Gasteiger partial charge in [-0.2, -0.15) is 0 Å². The summed E-state index contributed by atoms with van der Waals surface area (Å²) in [4.78, 5) is 4.27. The average molecular weight is 245 g/mol. The van der Waals surface area contributed by atoms with Crippen molar-refractivity contribution in [1.82, 2.24) is 9.55 Å². The summed E-state index contributed by atoms with van der Waals surface area (Å²) < 4.78 is 7.80. The third-order valence-corrected chi connectivity index (χ3v) is 2.88. The first kappa shape index (κ1) is 12.6. The Morgan fingerprint density at radius 1 is 1.28 bits per heavy atom. The third kappa shape index (κ3) is 3.11. The fourth-order valence-corrected chi connectivity index (χ4v) is 1.91. The molecule has 1 heterocycles. The number of hydrogen-bond acceptors (Lipinski definition) is 3. The quantitative estimate of drug-likeness (QED) is 0.793. The van der Waals surface area contributed by atoms with Crippen LogP contribution < -0.4 is 10.5 Å². The molecule has 2 aromatic rings. The predicted octanol–water partition coefficient (Wildman–Crippen LogP) is 2.12. The first-order valence-corrected chi connectivity index (χ1v) is 6.20. The van der Waals surface area contributed by atoms with Gasteiger partial charge in [-0.1, -0.05) is 18.2 Å². The van der Waals surface area contributed by atoms with Gasteiger partial charge in [0, 0.05) is 19.3 Å². The summed E-state index contributed by atoms with van der Waals surface area (Å²) in [5.74, 6) is 1.93. The molecule has 18 heavy (non-hydrogen) atoms. The molecule has 0 aliphatic rings. The molecule has 4 heteroatoms. The lowest BCUT2D eigenvalue weighted by atomic mass is 10.3. The minimum atomic E-state index is 0.528. The van der Waals surface area contributed by atoms with Crippen molar-refractivity contribution in [3.05, 3.63) is 48.0 Å². The first-order chi connectivity index (χ1) is 8.81. The van der Waals surface area contributed by atoms with Crippen LogP contribution in [0.5, 0.6) is 5.75 Å². The second-order valence-corrected chi connectivity index (χ2v) is 4.17. The number of rotatable bonds is 6. The molecule has 0 aliphatic heterocycles. The Balaban J connectivity index is 1.80. The van der Waals surface area contributed by atoms with Crippen molar-refractivity contribution in [2.45, 2.75) is 26.4 Å². The summed E-state index contributed by atoms with van der Waals surface area (Å²) >= 11 is 0. The van der Waals surface area contributed by atoms with Gasteiger partial charge in [0.2, 0.25) is 0 Å². The highest BCUT2D eigenvalue weighted by Crippen LogP contribution is 2.09. The van der Waals surface area contributed by atoms with E-state index in [1.807, 2.05) is 43.5 Å². The molecule has 2 rings (SSSR count). The molecule has 0 spiro atoms. The predicted molar refractivity (Wildman–Crippen MR) is 71.4 cm³/mol. The van der Waals surface area contributed by atoms with Gasteiger partial charge < -0.3 is 15.0 Å². The van der Waals surface area contributed by atoms with Crippen molar-refractivity contribution in [2.24, 2.45) is 5.73 Å². The molecule has 0 amide bonds. The molecule has 96 valence electrons. The second-order valence-electron chi connectivity index (χ2n) is 4.17. The van der Waals surface area contributed by atoms with E-state index in [1.54, 1.807) is 0 Å². The molecule has 1 aromatic carbocycles. The van der Waals surface area contributed by atoms with Crippen LogP contribution in [-0.4, -0.2) is 16.2 Å². The summed E-state index contributed by atoms with van der Waals surface area (Å²) in [7, 11) is 0. The van der Waals surface area contributed by atoms with Crippen LogP contribution in [0, 0.1) is 6.92 Å². The van der Waals surface area contributed by atoms with Crippen LogP contribution in [0.25, 0.3) is 0 Å². The summed E-state index contributed by atoms with van der Waals surface area (Å²) in [6.07, 6.45) is 2.78. The van der Waals surface area contributed by atoms with Gasteiger partial charge in [0.15, 0.2) is 0 Å². The molecule has 0 unspecified atom stereocenters. The molecule has 0 fully saturated rings. The average Bonchev–Trinajstić information content (AvgIpc) is 2.77. The van der Waals surface area contributed by atoms with Crippen LogP contribution in [0.2, 0.25) is 0 Å². The molecular weight excluding hydrogens is 226 g/mol. The number of benzene rings is 1.